The van der Waals surface area contributed by atoms with Crippen LogP contribution < -0.4 is 26.6 Å². The first kappa shape index (κ1) is 60.9. The molecule has 6 aromatic rings. The molecule has 0 bridgehead atoms. The van der Waals surface area contributed by atoms with Crippen LogP contribution in [0.1, 0.15) is 99.1 Å². The van der Waals surface area contributed by atoms with Crippen LogP contribution in [0.25, 0.3) is 33.8 Å². The molecule has 2 atom stereocenters. The molecule has 8 N–H and O–H groups in total. The van der Waals surface area contributed by atoms with Crippen LogP contribution >= 0.6 is 0 Å². The number of piperidine rings is 2. The highest BCUT2D eigenvalue weighted by atomic mass is 19.1. The van der Waals surface area contributed by atoms with E-state index in [0.29, 0.717) is 103 Å². The number of nitrogens with zero attached hydrogens (tertiary/aromatic N) is 9. The predicted molar refractivity (Wildman–Crippen MR) is 302 cm³/mol. The van der Waals surface area contributed by atoms with Crippen molar-refractivity contribution in [3.05, 3.63) is 95.6 Å². The zero-order chi connectivity index (χ0) is 59.9. The predicted octanol–water partition coefficient (Wildman–Crippen LogP) is 4.92. The number of aliphatic carboxylic acids is 1. The minimum atomic E-state index is -1.66. The van der Waals surface area contributed by atoms with Gasteiger partial charge in [-0.1, -0.05) is 0 Å². The molecular weight excluding hydrogens is 1070 g/mol. The normalized spacial score (nSPS) is 17.6. The number of carbonyl (C=O) groups excluding carboxylic acids is 3. The Morgan fingerprint density at radius 3 is 1.47 bits per heavy atom. The molecule has 0 radical (unpaired) electrons. The molecule has 83 heavy (non-hydrogen) atoms. The average molecular weight is 1150 g/mol. The number of alkyl halides is 2. The Bertz CT molecular complexity index is 3410. The summed E-state index contributed by atoms with van der Waals surface area (Å²) in [5.74, 6) is -1.66. The molecular formula is C58H70F2N14O9. The molecule has 10 heterocycles. The molecule has 0 aromatic carbocycles. The number of rotatable bonds is 16. The van der Waals surface area contributed by atoms with E-state index in [1.54, 1.807) is 40.2 Å². The Morgan fingerprint density at radius 2 is 1.11 bits per heavy atom. The number of pyridine rings is 2. The molecule has 4 aliphatic rings. The number of likely N-dealkylation sites (tertiary alicyclic amines) is 1. The van der Waals surface area contributed by atoms with Crippen molar-refractivity contribution in [3.8, 4) is 34.9 Å². The first-order chi connectivity index (χ1) is 39.4. The summed E-state index contributed by atoms with van der Waals surface area (Å²) in [6.45, 7) is 12.9. The summed E-state index contributed by atoms with van der Waals surface area (Å²) < 4.78 is 41.9. The SMILES string of the molecule is CC(C)(O)[C@H](F)CNC(=O)c1cnc(-c2ccc3cc(C#N)cnn23)cc1NC1CCNCC1.CC1(C(=O)N2CCC(Nc3cc(-c4ccc5cc(C#N)cnn45)ncc3C(=O)NC[C@@H](F)C(C)(C)O)CC2)COC1.CC1(C(=O)O)COC1. The zero-order valence-electron chi connectivity index (χ0n) is 47.2. The fourth-order valence-corrected chi connectivity index (χ4v) is 9.43. The second-order valence-corrected chi connectivity index (χ2v) is 23.0. The minimum absolute atomic E-state index is 0.0167. The third-order valence-corrected chi connectivity index (χ3v) is 15.1. The summed E-state index contributed by atoms with van der Waals surface area (Å²) in [5.41, 5.74) is 2.35. The number of carbonyl (C=O) groups is 4. The molecule has 4 saturated heterocycles. The lowest BCUT2D eigenvalue weighted by Crippen LogP contribution is -2.55. The molecule has 10 rings (SSSR count). The monoisotopic (exact) mass is 1140 g/mol. The maximum Gasteiger partial charge on any atom is 0.314 e. The molecule has 25 heteroatoms. The number of amides is 3. The van der Waals surface area contributed by atoms with E-state index in [1.165, 1.54) is 52.5 Å². The molecule has 3 amide bonds. The van der Waals surface area contributed by atoms with Gasteiger partial charge in [0, 0.05) is 37.6 Å². The first-order valence-corrected chi connectivity index (χ1v) is 27.4. The van der Waals surface area contributed by atoms with Crippen LogP contribution in [-0.4, -0.2) is 174 Å². The maximum absolute atomic E-state index is 14.4. The van der Waals surface area contributed by atoms with Gasteiger partial charge in [0.05, 0.1) is 136 Å². The van der Waals surface area contributed by atoms with Crippen molar-refractivity contribution in [3.63, 3.8) is 0 Å². The third-order valence-electron chi connectivity index (χ3n) is 15.1. The number of carboxylic acids is 1. The minimum Gasteiger partial charge on any atom is -0.481 e. The number of carboxylic acid groups (broad SMARTS) is 1. The number of aromatic nitrogens is 6. The lowest BCUT2D eigenvalue weighted by molar-refractivity contribution is -0.175. The molecule has 0 spiro atoms. The summed E-state index contributed by atoms with van der Waals surface area (Å²) >= 11 is 0. The molecule has 0 saturated carbocycles. The Hall–Kier alpha value is -8.20. The number of halogens is 2. The maximum atomic E-state index is 14.4. The summed E-state index contributed by atoms with van der Waals surface area (Å²) in [4.78, 5) is 60.1. The Kier molecular flexibility index (Phi) is 18.7. The Labute approximate surface area is 478 Å². The van der Waals surface area contributed by atoms with Gasteiger partial charge in [0.1, 0.15) is 29.9 Å². The number of nitriles is 2. The van der Waals surface area contributed by atoms with Crippen molar-refractivity contribution in [1.82, 2.24) is 50.0 Å². The van der Waals surface area contributed by atoms with Crippen LogP contribution in [0.2, 0.25) is 0 Å². The van der Waals surface area contributed by atoms with Gasteiger partial charge in [0.2, 0.25) is 5.91 Å². The summed E-state index contributed by atoms with van der Waals surface area (Å²) in [7, 11) is 0. The van der Waals surface area contributed by atoms with E-state index in [2.05, 4.69) is 58.9 Å². The number of aliphatic hydroxyl groups is 2. The van der Waals surface area contributed by atoms with E-state index in [0.717, 1.165) is 37.0 Å². The van der Waals surface area contributed by atoms with Gasteiger partial charge in [-0.05, 0) is 129 Å². The van der Waals surface area contributed by atoms with Crippen LogP contribution in [0.3, 0.4) is 0 Å². The molecule has 0 aliphatic carbocycles. The van der Waals surface area contributed by atoms with E-state index < -0.39 is 52.2 Å². The number of ether oxygens (including phenoxy) is 2. The Morgan fingerprint density at radius 1 is 0.687 bits per heavy atom. The van der Waals surface area contributed by atoms with Crippen molar-refractivity contribution in [1.29, 1.82) is 10.5 Å². The summed E-state index contributed by atoms with van der Waals surface area (Å²) in [6.07, 6.45) is 5.75. The smallest absolute Gasteiger partial charge is 0.314 e. The second kappa shape index (κ2) is 25.5. The summed E-state index contributed by atoms with van der Waals surface area (Å²) in [5, 5.41) is 70.5. The van der Waals surface area contributed by atoms with Gasteiger partial charge >= 0.3 is 5.97 Å². The average Bonchev–Trinajstić information content (AvgIpc) is 4.32. The van der Waals surface area contributed by atoms with Crippen LogP contribution in [0, 0.1) is 33.5 Å². The highest BCUT2D eigenvalue weighted by molar-refractivity contribution is 6.01. The zero-order valence-corrected chi connectivity index (χ0v) is 47.2. The van der Waals surface area contributed by atoms with Gasteiger partial charge in [0.25, 0.3) is 11.8 Å². The highest BCUT2D eigenvalue weighted by Gasteiger charge is 2.44. The van der Waals surface area contributed by atoms with Crippen molar-refractivity contribution in [2.24, 2.45) is 10.8 Å². The number of hydrogen-bond donors (Lipinski definition) is 8. The number of fused-ring (bicyclic) bond motifs is 2. The summed E-state index contributed by atoms with van der Waals surface area (Å²) in [6, 6.07) is 18.7. The van der Waals surface area contributed by atoms with Crippen LogP contribution in [0.4, 0.5) is 20.2 Å². The van der Waals surface area contributed by atoms with Crippen LogP contribution in [0.15, 0.2) is 73.3 Å². The van der Waals surface area contributed by atoms with Gasteiger partial charge < -0.3 is 56.3 Å². The van der Waals surface area contributed by atoms with Crippen LogP contribution in [0.5, 0.6) is 0 Å². The molecule has 4 fully saturated rings. The number of hydrogen-bond acceptors (Lipinski definition) is 17. The fraction of sp³-hybridized carbons (Fsp3) is 0.483. The lowest BCUT2D eigenvalue weighted by Gasteiger charge is -2.42. The molecule has 4 aliphatic heterocycles. The van der Waals surface area contributed by atoms with E-state index in [1.807, 2.05) is 36.1 Å². The van der Waals surface area contributed by atoms with E-state index in [9.17, 15) is 43.4 Å². The Balaban J connectivity index is 0.000000193. The largest absolute Gasteiger partial charge is 0.481 e. The fourth-order valence-electron chi connectivity index (χ4n) is 9.43. The van der Waals surface area contributed by atoms with Crippen molar-refractivity contribution in [2.45, 2.75) is 103 Å². The molecule has 6 aromatic heterocycles. The van der Waals surface area contributed by atoms with Gasteiger partial charge in [-0.15, -0.1) is 0 Å². The van der Waals surface area contributed by atoms with Crippen molar-refractivity contribution in [2.75, 3.05) is 76.3 Å². The molecule has 23 nitrogen and oxygen atoms in total. The van der Waals surface area contributed by atoms with E-state index >= 15 is 0 Å². The van der Waals surface area contributed by atoms with E-state index in [4.69, 9.17) is 19.8 Å². The first-order valence-electron chi connectivity index (χ1n) is 27.4. The van der Waals surface area contributed by atoms with Gasteiger partial charge in [-0.25, -0.2) is 17.8 Å². The number of anilines is 2. The third kappa shape index (κ3) is 14.5. The molecule has 440 valence electrons. The topological polar surface area (TPSA) is 319 Å². The van der Waals surface area contributed by atoms with E-state index in [-0.39, 0.29) is 36.6 Å². The standard InChI is InChI=1S/C29H34FN7O4.C24H28FN7O2.C5H8O3/c1-28(2,40)25(30)15-33-26(38)21-14-32-23(24-5-4-20-10-18(12-31)13-34-37(20)24)11-22(21)35-19-6-8-36(9-7-19)27(39)29(3)16-41-17-29;1-24(2,34)22(25)14-29-23(33)18-13-28-20(10-19(18)31-16-5-7-27-8-6-16)21-4-3-17-9-15(11-26)12-30-32(17)21;1-5(4(6)7)2-8-3-5/h4-5,10-11,13-14,19,25,40H,6-9,15-17H2,1-3H3,(H,32,35)(H,33,38);3-4,9-10,12-13,16,22,27,34H,5-8,14H2,1-2H3,(H,28,31)(H,29,33);2-3H2,1H3,(H,6,7)/t25-;22-;/m11./s1. The van der Waals surface area contributed by atoms with Gasteiger partial charge in [-0.3, -0.25) is 29.1 Å². The van der Waals surface area contributed by atoms with Crippen LogP contribution in [-0.2, 0) is 19.1 Å². The van der Waals surface area contributed by atoms with Crippen molar-refractivity contribution < 1.29 is 52.8 Å². The van der Waals surface area contributed by atoms with Gasteiger partial charge in [-0.2, -0.15) is 20.7 Å². The highest BCUT2D eigenvalue weighted by Crippen LogP contribution is 2.33. The number of nitrogens with one attached hydrogen (secondary N) is 5. The second-order valence-electron chi connectivity index (χ2n) is 23.0. The molecule has 0 unspecified atom stereocenters. The lowest BCUT2D eigenvalue weighted by atomic mass is 9.86. The van der Waals surface area contributed by atoms with Crippen molar-refractivity contribution >= 4 is 46.1 Å². The quantitative estimate of drug-likeness (QED) is 0.0637. The van der Waals surface area contributed by atoms with Gasteiger partial charge in [0.15, 0.2) is 0 Å².